The van der Waals surface area contributed by atoms with Crippen LogP contribution in [0.1, 0.15) is 46.1 Å². The molecule has 0 saturated heterocycles. The van der Waals surface area contributed by atoms with E-state index in [1.54, 1.807) is 6.20 Å². The summed E-state index contributed by atoms with van der Waals surface area (Å²) in [4.78, 5) is 12.1. The molecule has 5 heteroatoms. The second kappa shape index (κ2) is 6.07. The van der Waals surface area contributed by atoms with Crippen LogP contribution in [0.2, 0.25) is 0 Å². The van der Waals surface area contributed by atoms with E-state index in [1.807, 2.05) is 13.8 Å². The van der Waals surface area contributed by atoms with Gasteiger partial charge in [0.1, 0.15) is 4.47 Å². The minimum absolute atomic E-state index is 0.0696. The molecule has 19 heavy (non-hydrogen) atoms. The van der Waals surface area contributed by atoms with Crippen LogP contribution in [0.3, 0.4) is 0 Å². The van der Waals surface area contributed by atoms with Gasteiger partial charge in [0.05, 0.1) is 17.9 Å². The highest BCUT2D eigenvalue weighted by Gasteiger charge is 2.21. The summed E-state index contributed by atoms with van der Waals surface area (Å²) >= 11 is 3.38. The second-order valence-electron chi connectivity index (χ2n) is 5.88. The van der Waals surface area contributed by atoms with Crippen molar-refractivity contribution in [3.05, 3.63) is 21.0 Å². The fraction of sp³-hybridized carbons (Fsp3) is 0.714. The summed E-state index contributed by atoms with van der Waals surface area (Å²) in [7, 11) is 0. The Hall–Kier alpha value is -0.840. The lowest BCUT2D eigenvalue weighted by Gasteiger charge is -2.15. The minimum atomic E-state index is -0.0696. The molecule has 1 N–H and O–H groups in total. The van der Waals surface area contributed by atoms with Gasteiger partial charge in [-0.1, -0.05) is 13.3 Å². The zero-order valence-electron chi connectivity index (χ0n) is 11.8. The molecule has 0 amide bonds. The average Bonchev–Trinajstić information content (AvgIpc) is 2.76. The first-order valence-electron chi connectivity index (χ1n) is 7.00. The largest absolute Gasteiger partial charge is 0.382 e. The molecule has 0 aliphatic heterocycles. The van der Waals surface area contributed by atoms with Gasteiger partial charge in [-0.3, -0.25) is 4.79 Å². The highest BCUT2D eigenvalue weighted by Crippen LogP contribution is 2.30. The number of nitrogens with one attached hydrogen (secondary N) is 1. The standard InChI is InChI=1S/C14H22BrN3O/c1-9(2)18-14(19)13(15)12(8-17-18)16-7-11-5-4-10(3)6-11/h8-11,16H,4-7H2,1-3H3. The van der Waals surface area contributed by atoms with Gasteiger partial charge in [0.15, 0.2) is 0 Å². The second-order valence-corrected chi connectivity index (χ2v) is 6.67. The number of halogens is 1. The first kappa shape index (κ1) is 14.6. The van der Waals surface area contributed by atoms with Crippen LogP contribution in [-0.4, -0.2) is 16.3 Å². The number of hydrogen-bond donors (Lipinski definition) is 1. The number of rotatable bonds is 4. The molecule has 1 heterocycles. The molecule has 1 fully saturated rings. The van der Waals surface area contributed by atoms with Crippen molar-refractivity contribution in [2.75, 3.05) is 11.9 Å². The minimum Gasteiger partial charge on any atom is -0.382 e. The third kappa shape index (κ3) is 3.38. The smallest absolute Gasteiger partial charge is 0.283 e. The summed E-state index contributed by atoms with van der Waals surface area (Å²) in [5.41, 5.74) is 0.737. The molecule has 1 aliphatic carbocycles. The summed E-state index contributed by atoms with van der Waals surface area (Å²) in [6, 6.07) is 0.0773. The molecule has 106 valence electrons. The highest BCUT2D eigenvalue weighted by molar-refractivity contribution is 9.10. The monoisotopic (exact) mass is 327 g/mol. The lowest BCUT2D eigenvalue weighted by atomic mass is 10.1. The number of aromatic nitrogens is 2. The zero-order chi connectivity index (χ0) is 14.0. The Kier molecular flexibility index (Phi) is 4.66. The predicted octanol–water partition coefficient (Wildman–Crippen LogP) is 3.43. The summed E-state index contributed by atoms with van der Waals surface area (Å²) in [6.45, 7) is 7.14. The van der Waals surface area contributed by atoms with Crippen LogP contribution in [-0.2, 0) is 0 Å². The van der Waals surface area contributed by atoms with E-state index in [-0.39, 0.29) is 11.6 Å². The van der Waals surface area contributed by atoms with Crippen molar-refractivity contribution in [1.82, 2.24) is 9.78 Å². The Morgan fingerprint density at radius 3 is 2.84 bits per heavy atom. The van der Waals surface area contributed by atoms with Gasteiger partial charge in [0, 0.05) is 6.54 Å². The molecule has 0 bridgehead atoms. The first-order valence-corrected chi connectivity index (χ1v) is 7.79. The molecule has 1 aromatic heterocycles. The fourth-order valence-corrected chi connectivity index (χ4v) is 3.12. The van der Waals surface area contributed by atoms with Gasteiger partial charge in [0.25, 0.3) is 5.56 Å². The van der Waals surface area contributed by atoms with Gasteiger partial charge in [-0.15, -0.1) is 0 Å². The number of nitrogens with zero attached hydrogens (tertiary/aromatic N) is 2. The van der Waals surface area contributed by atoms with Gasteiger partial charge < -0.3 is 5.32 Å². The number of anilines is 1. The Labute approximate surface area is 122 Å². The normalized spacial score (nSPS) is 23.0. The van der Waals surface area contributed by atoms with Gasteiger partial charge in [-0.05, 0) is 54.5 Å². The molecule has 0 spiro atoms. The Bertz CT molecular complexity index is 498. The molecule has 2 rings (SSSR count). The van der Waals surface area contributed by atoms with Crippen molar-refractivity contribution in [2.24, 2.45) is 11.8 Å². The van der Waals surface area contributed by atoms with Crippen LogP contribution in [0.15, 0.2) is 15.5 Å². The summed E-state index contributed by atoms with van der Waals surface area (Å²) < 4.78 is 2.08. The molecule has 2 unspecified atom stereocenters. The molecule has 2 atom stereocenters. The Morgan fingerprint density at radius 1 is 1.53 bits per heavy atom. The summed E-state index contributed by atoms with van der Waals surface area (Å²) in [6.07, 6.45) is 5.62. The Morgan fingerprint density at radius 2 is 2.26 bits per heavy atom. The highest BCUT2D eigenvalue weighted by atomic mass is 79.9. The number of hydrogen-bond acceptors (Lipinski definition) is 3. The molecule has 4 nitrogen and oxygen atoms in total. The van der Waals surface area contributed by atoms with E-state index in [4.69, 9.17) is 0 Å². The van der Waals surface area contributed by atoms with Crippen molar-refractivity contribution in [3.63, 3.8) is 0 Å². The van der Waals surface area contributed by atoms with E-state index in [0.717, 1.165) is 24.1 Å². The van der Waals surface area contributed by atoms with Crippen LogP contribution in [0.25, 0.3) is 0 Å². The van der Waals surface area contributed by atoms with Crippen LogP contribution >= 0.6 is 15.9 Å². The van der Waals surface area contributed by atoms with Crippen molar-refractivity contribution >= 4 is 21.6 Å². The maximum Gasteiger partial charge on any atom is 0.283 e. The molecule has 1 aliphatic rings. The van der Waals surface area contributed by atoms with E-state index in [2.05, 4.69) is 33.3 Å². The van der Waals surface area contributed by atoms with Crippen molar-refractivity contribution in [3.8, 4) is 0 Å². The van der Waals surface area contributed by atoms with Crippen molar-refractivity contribution in [2.45, 2.75) is 46.1 Å². The van der Waals surface area contributed by atoms with E-state index < -0.39 is 0 Å². The molecule has 1 saturated carbocycles. The van der Waals surface area contributed by atoms with E-state index in [0.29, 0.717) is 4.47 Å². The van der Waals surface area contributed by atoms with Gasteiger partial charge >= 0.3 is 0 Å². The lowest BCUT2D eigenvalue weighted by Crippen LogP contribution is -2.26. The summed E-state index contributed by atoms with van der Waals surface area (Å²) in [5.74, 6) is 1.55. The molecular weight excluding hydrogens is 306 g/mol. The maximum atomic E-state index is 12.1. The van der Waals surface area contributed by atoms with Gasteiger partial charge in [0.2, 0.25) is 0 Å². The molecule has 1 aromatic rings. The van der Waals surface area contributed by atoms with E-state index >= 15 is 0 Å². The van der Waals surface area contributed by atoms with Crippen LogP contribution in [0.4, 0.5) is 5.69 Å². The SMILES string of the molecule is CC1CCC(CNc2cnn(C(C)C)c(=O)c2Br)C1. The fourth-order valence-electron chi connectivity index (χ4n) is 2.70. The van der Waals surface area contributed by atoms with Gasteiger partial charge in [-0.2, -0.15) is 5.10 Å². The average molecular weight is 328 g/mol. The predicted molar refractivity (Wildman–Crippen MR) is 81.6 cm³/mol. The lowest BCUT2D eigenvalue weighted by molar-refractivity contribution is 0.500. The van der Waals surface area contributed by atoms with Crippen LogP contribution < -0.4 is 10.9 Å². The maximum absolute atomic E-state index is 12.1. The third-order valence-corrected chi connectivity index (χ3v) is 4.58. The van der Waals surface area contributed by atoms with Crippen molar-refractivity contribution < 1.29 is 0 Å². The summed E-state index contributed by atoms with van der Waals surface area (Å²) in [5, 5.41) is 7.57. The van der Waals surface area contributed by atoms with Crippen LogP contribution in [0.5, 0.6) is 0 Å². The quantitative estimate of drug-likeness (QED) is 0.921. The van der Waals surface area contributed by atoms with Gasteiger partial charge in [-0.25, -0.2) is 4.68 Å². The molecule has 0 radical (unpaired) electrons. The molecular formula is C14H22BrN3O. The van der Waals surface area contributed by atoms with Crippen LogP contribution in [0, 0.1) is 11.8 Å². The van der Waals surface area contributed by atoms with E-state index in [9.17, 15) is 4.79 Å². The third-order valence-electron chi connectivity index (χ3n) is 3.82. The topological polar surface area (TPSA) is 46.9 Å². The zero-order valence-corrected chi connectivity index (χ0v) is 13.4. The molecule has 0 aromatic carbocycles. The first-order chi connectivity index (χ1) is 8.99. The van der Waals surface area contributed by atoms with E-state index in [1.165, 1.54) is 23.9 Å². The Balaban J connectivity index is 2.05. The van der Waals surface area contributed by atoms with Crippen molar-refractivity contribution in [1.29, 1.82) is 0 Å².